The minimum Gasteiger partial charge on any atom is -0.489 e. The number of carbonyl (C=O) groups excluding carboxylic acids is 1. The van der Waals surface area contributed by atoms with Crippen LogP contribution in [0.5, 0.6) is 34.5 Å². The van der Waals surface area contributed by atoms with Gasteiger partial charge in [0.05, 0.1) is 16.1 Å². The summed E-state index contributed by atoms with van der Waals surface area (Å²) in [5.41, 5.74) is 5.36. The van der Waals surface area contributed by atoms with Gasteiger partial charge in [-0.15, -0.1) is 0 Å². The van der Waals surface area contributed by atoms with Crippen LogP contribution >= 0.6 is 11.6 Å². The van der Waals surface area contributed by atoms with Gasteiger partial charge in [0.1, 0.15) is 31.3 Å². The van der Waals surface area contributed by atoms with Crippen molar-refractivity contribution < 1.29 is 38.0 Å². The molecule has 8 nitrogen and oxygen atoms in total. The first-order chi connectivity index (χ1) is 25.6. The van der Waals surface area contributed by atoms with Gasteiger partial charge in [-0.05, 0) is 40.5 Å². The van der Waals surface area contributed by atoms with Crippen LogP contribution < -0.4 is 28.4 Å². The molecule has 0 saturated heterocycles. The summed E-state index contributed by atoms with van der Waals surface area (Å²) in [4.78, 5) is 13.1. The number of aldehydes is 1. The number of methoxy groups -OCH3 is 1. The average molecular weight is 715 g/mol. The van der Waals surface area contributed by atoms with E-state index in [1.165, 1.54) is 7.11 Å². The van der Waals surface area contributed by atoms with Gasteiger partial charge in [-0.2, -0.15) is 0 Å². The van der Waals surface area contributed by atoms with Gasteiger partial charge in [0, 0.05) is 24.3 Å². The normalized spacial score (nSPS) is 11.6. The molecule has 9 heteroatoms. The van der Waals surface area contributed by atoms with E-state index in [1.807, 2.05) is 115 Å². The summed E-state index contributed by atoms with van der Waals surface area (Å²) >= 11 is 7.07. The summed E-state index contributed by atoms with van der Waals surface area (Å²) in [6.45, 7) is 0.772. The molecule has 0 atom stereocenters. The number of halogens is 1. The topological polar surface area (TPSA) is 81.7 Å². The Morgan fingerprint density at radius 3 is 1.69 bits per heavy atom. The highest BCUT2D eigenvalue weighted by Crippen LogP contribution is 2.56. The molecule has 1 aliphatic rings. The highest BCUT2D eigenvalue weighted by atomic mass is 35.5. The Kier molecular flexibility index (Phi) is 10.9. The molecule has 0 unspecified atom stereocenters. The maximum Gasteiger partial charge on any atom is 0.231 e. The summed E-state index contributed by atoms with van der Waals surface area (Å²) < 4.78 is 42.3. The van der Waals surface area contributed by atoms with E-state index < -0.39 is 0 Å². The highest BCUT2D eigenvalue weighted by Gasteiger charge is 2.34. The van der Waals surface area contributed by atoms with Crippen molar-refractivity contribution in [1.82, 2.24) is 0 Å². The molecule has 1 aliphatic heterocycles. The van der Waals surface area contributed by atoms with Crippen LogP contribution in [-0.4, -0.2) is 27.0 Å². The van der Waals surface area contributed by atoms with Gasteiger partial charge in [-0.3, -0.25) is 4.79 Å². The summed E-state index contributed by atoms with van der Waals surface area (Å²) in [5, 5.41) is 0.319. The molecule has 0 aliphatic carbocycles. The van der Waals surface area contributed by atoms with Crippen LogP contribution in [0.1, 0.15) is 27.0 Å². The molecule has 6 aromatic rings. The van der Waals surface area contributed by atoms with Crippen LogP contribution in [0.15, 0.2) is 127 Å². The molecule has 52 heavy (non-hydrogen) atoms. The zero-order valence-electron chi connectivity index (χ0n) is 28.4. The van der Waals surface area contributed by atoms with E-state index in [1.54, 1.807) is 12.1 Å². The Balaban J connectivity index is 1.30. The summed E-state index contributed by atoms with van der Waals surface area (Å²) in [7, 11) is 1.50. The van der Waals surface area contributed by atoms with E-state index in [4.69, 9.17) is 44.8 Å². The number of carbonyl (C=O) groups is 1. The van der Waals surface area contributed by atoms with Crippen LogP contribution in [0.4, 0.5) is 0 Å². The molecule has 0 bridgehead atoms. The van der Waals surface area contributed by atoms with E-state index in [9.17, 15) is 4.79 Å². The Morgan fingerprint density at radius 2 is 1.15 bits per heavy atom. The van der Waals surface area contributed by atoms with Gasteiger partial charge in [0.2, 0.25) is 6.79 Å². The average Bonchev–Trinajstić information content (AvgIpc) is 3.68. The van der Waals surface area contributed by atoms with Crippen molar-refractivity contribution in [3.63, 3.8) is 0 Å². The number of fused-ring (bicyclic) bond motifs is 1. The van der Waals surface area contributed by atoms with Crippen molar-refractivity contribution in [2.24, 2.45) is 0 Å². The van der Waals surface area contributed by atoms with Gasteiger partial charge < -0.3 is 33.2 Å². The van der Waals surface area contributed by atoms with Crippen molar-refractivity contribution in [2.45, 2.75) is 19.8 Å². The minimum atomic E-state index is -0.146. The van der Waals surface area contributed by atoms with E-state index in [0.717, 1.165) is 23.0 Å². The second-order valence-electron chi connectivity index (χ2n) is 11.9. The number of rotatable bonds is 15. The van der Waals surface area contributed by atoms with Crippen molar-refractivity contribution in [3.8, 4) is 56.8 Å². The SMILES string of the molecule is COCOc1c(C=O)c(-c2ccc(OCc3ccccc3)cc2)c2c(c1-c1cc(OCc3ccccc3)c(OCc3ccccc3)cc1Cl)OCO2. The zero-order chi connectivity index (χ0) is 35.7. The monoisotopic (exact) mass is 714 g/mol. The summed E-state index contributed by atoms with van der Waals surface area (Å²) in [6, 6.07) is 40.4. The van der Waals surface area contributed by atoms with Crippen molar-refractivity contribution >= 4 is 17.9 Å². The van der Waals surface area contributed by atoms with Crippen LogP contribution in [0.25, 0.3) is 22.3 Å². The molecule has 262 valence electrons. The molecule has 0 amide bonds. The van der Waals surface area contributed by atoms with Gasteiger partial charge in [0.15, 0.2) is 36.1 Å². The first-order valence-corrected chi connectivity index (χ1v) is 17.0. The van der Waals surface area contributed by atoms with Crippen molar-refractivity contribution in [3.05, 3.63) is 155 Å². The number of hydrogen-bond acceptors (Lipinski definition) is 8. The van der Waals surface area contributed by atoms with Gasteiger partial charge in [-0.1, -0.05) is 115 Å². The lowest BCUT2D eigenvalue weighted by Gasteiger charge is -2.21. The molecule has 0 aromatic heterocycles. The van der Waals surface area contributed by atoms with E-state index in [0.29, 0.717) is 69.2 Å². The maximum atomic E-state index is 13.1. The Hall–Kier alpha value is -5.96. The van der Waals surface area contributed by atoms with Crippen molar-refractivity contribution in [1.29, 1.82) is 0 Å². The van der Waals surface area contributed by atoms with Crippen LogP contribution in [0, 0.1) is 0 Å². The lowest BCUT2D eigenvalue weighted by Crippen LogP contribution is -2.06. The molecule has 0 fully saturated rings. The zero-order valence-corrected chi connectivity index (χ0v) is 29.1. The fourth-order valence-corrected chi connectivity index (χ4v) is 6.16. The third kappa shape index (κ3) is 7.68. The fourth-order valence-electron chi connectivity index (χ4n) is 5.92. The van der Waals surface area contributed by atoms with E-state index in [-0.39, 0.29) is 31.5 Å². The standard InChI is InChI=1S/C43H35ClO8/c1-46-27-50-41-35(23-45)39(32-17-19-33(20-18-32)47-24-29-11-5-2-6-12-29)42-43(52-28-51-42)40(41)34-21-37(48-25-30-13-7-3-8-14-30)38(22-36(34)44)49-26-31-15-9-4-10-16-31/h2-23H,24-28H2,1H3. The van der Waals surface area contributed by atoms with Gasteiger partial charge in [-0.25, -0.2) is 0 Å². The summed E-state index contributed by atoms with van der Waals surface area (Å²) in [6.07, 6.45) is 0.740. The molecule has 7 rings (SSSR count). The predicted molar refractivity (Wildman–Crippen MR) is 199 cm³/mol. The van der Waals surface area contributed by atoms with Crippen LogP contribution in [0.3, 0.4) is 0 Å². The largest absolute Gasteiger partial charge is 0.489 e. The minimum absolute atomic E-state index is 0.0765. The van der Waals surface area contributed by atoms with Gasteiger partial charge >= 0.3 is 0 Å². The molecular formula is C43H35ClO8. The number of benzene rings is 6. The maximum absolute atomic E-state index is 13.1. The highest BCUT2D eigenvalue weighted by molar-refractivity contribution is 6.34. The smallest absolute Gasteiger partial charge is 0.231 e. The fraction of sp³-hybridized carbons (Fsp3) is 0.140. The molecule has 6 aromatic carbocycles. The van der Waals surface area contributed by atoms with Crippen LogP contribution in [-0.2, 0) is 24.6 Å². The number of ether oxygens (including phenoxy) is 7. The number of hydrogen-bond donors (Lipinski definition) is 0. The first kappa shape index (κ1) is 34.5. The molecule has 0 saturated carbocycles. The predicted octanol–water partition coefficient (Wildman–Crippen LogP) is 9.93. The molecule has 0 radical (unpaired) electrons. The Morgan fingerprint density at radius 1 is 0.635 bits per heavy atom. The lowest BCUT2D eigenvalue weighted by molar-refractivity contribution is 0.0509. The molecule has 0 spiro atoms. The first-order valence-electron chi connectivity index (χ1n) is 16.6. The quantitative estimate of drug-likeness (QED) is 0.0768. The van der Waals surface area contributed by atoms with Crippen molar-refractivity contribution in [2.75, 3.05) is 20.7 Å². The van der Waals surface area contributed by atoms with E-state index >= 15 is 0 Å². The third-order valence-electron chi connectivity index (χ3n) is 8.42. The third-order valence-corrected chi connectivity index (χ3v) is 8.73. The summed E-state index contributed by atoms with van der Waals surface area (Å²) in [5.74, 6) is 2.52. The lowest BCUT2D eigenvalue weighted by atomic mass is 9.91. The molecular weight excluding hydrogens is 680 g/mol. The van der Waals surface area contributed by atoms with Crippen LogP contribution in [0.2, 0.25) is 5.02 Å². The van der Waals surface area contributed by atoms with Gasteiger partial charge in [0.25, 0.3) is 0 Å². The second-order valence-corrected chi connectivity index (χ2v) is 12.3. The van der Waals surface area contributed by atoms with E-state index in [2.05, 4.69) is 0 Å². The second kappa shape index (κ2) is 16.4. The Bertz CT molecular complexity index is 2120. The molecule has 0 N–H and O–H groups in total. The molecule has 1 heterocycles. The Labute approximate surface area is 307 Å².